The minimum atomic E-state index is -3.77. The molecule has 0 spiro atoms. The van der Waals surface area contributed by atoms with Gasteiger partial charge in [0.15, 0.2) is 0 Å². The summed E-state index contributed by atoms with van der Waals surface area (Å²) >= 11 is 0. The van der Waals surface area contributed by atoms with E-state index in [9.17, 15) is 18.0 Å². The molecule has 8 nitrogen and oxygen atoms in total. The quantitative estimate of drug-likeness (QED) is 0.523. The molecular weight excluding hydrogens is 454 g/mol. The maximum absolute atomic E-state index is 13.6. The van der Waals surface area contributed by atoms with Crippen LogP contribution in [0.2, 0.25) is 0 Å². The van der Waals surface area contributed by atoms with Crippen LogP contribution in [-0.4, -0.2) is 57.6 Å². The number of anilines is 1. The van der Waals surface area contributed by atoms with E-state index >= 15 is 0 Å². The third kappa shape index (κ3) is 6.72. The van der Waals surface area contributed by atoms with Crippen LogP contribution in [0.3, 0.4) is 0 Å². The number of nitrogens with zero attached hydrogens (tertiary/aromatic N) is 2. The molecule has 2 amide bonds. The predicted octanol–water partition coefficient (Wildman–Crippen LogP) is 3.02. The van der Waals surface area contributed by atoms with Crippen LogP contribution >= 0.6 is 0 Å². The van der Waals surface area contributed by atoms with Crippen molar-refractivity contribution in [3.63, 3.8) is 0 Å². The summed E-state index contributed by atoms with van der Waals surface area (Å²) < 4.78 is 31.9. The molecule has 2 aromatic carbocycles. The monoisotopic (exact) mass is 489 g/mol. The Morgan fingerprint density at radius 3 is 2.35 bits per heavy atom. The molecule has 0 aliphatic carbocycles. The van der Waals surface area contributed by atoms with Crippen molar-refractivity contribution < 1.29 is 22.7 Å². The van der Waals surface area contributed by atoms with E-state index < -0.39 is 28.5 Å². The van der Waals surface area contributed by atoms with Gasteiger partial charge in [0, 0.05) is 13.1 Å². The third-order valence-corrected chi connectivity index (χ3v) is 6.87. The summed E-state index contributed by atoms with van der Waals surface area (Å²) in [4.78, 5) is 27.9. The molecule has 0 bridgehead atoms. The van der Waals surface area contributed by atoms with Gasteiger partial charge in [0.25, 0.3) is 0 Å². The Balaban J connectivity index is 2.49. The molecule has 1 unspecified atom stereocenters. The molecule has 0 heterocycles. The van der Waals surface area contributed by atoms with Crippen LogP contribution in [0.25, 0.3) is 0 Å². The summed E-state index contributed by atoms with van der Waals surface area (Å²) in [5.41, 5.74) is 2.91. The third-order valence-electron chi connectivity index (χ3n) is 5.75. The highest BCUT2D eigenvalue weighted by Crippen LogP contribution is 2.26. The highest BCUT2D eigenvalue weighted by molar-refractivity contribution is 7.92. The highest BCUT2D eigenvalue weighted by atomic mass is 32.2. The zero-order valence-corrected chi connectivity index (χ0v) is 21.6. The number of amides is 2. The van der Waals surface area contributed by atoms with Crippen molar-refractivity contribution in [2.75, 3.05) is 30.8 Å². The lowest BCUT2D eigenvalue weighted by molar-refractivity contribution is -0.140. The Morgan fingerprint density at radius 1 is 1.09 bits per heavy atom. The van der Waals surface area contributed by atoms with Crippen molar-refractivity contribution in [2.45, 2.75) is 46.7 Å². The van der Waals surface area contributed by atoms with Crippen molar-refractivity contribution in [3.8, 4) is 5.75 Å². The van der Waals surface area contributed by atoms with Crippen LogP contribution in [0.4, 0.5) is 5.69 Å². The maximum atomic E-state index is 13.6. The molecule has 0 radical (unpaired) electrons. The minimum absolute atomic E-state index is 0.135. The zero-order chi connectivity index (χ0) is 25.5. The molecule has 0 aromatic heterocycles. The number of carbonyl (C=O) groups excluding carboxylic acids is 2. The van der Waals surface area contributed by atoms with Gasteiger partial charge in [0.2, 0.25) is 21.8 Å². The number of rotatable bonds is 11. The summed E-state index contributed by atoms with van der Waals surface area (Å²) in [6.45, 7) is 7.49. The normalized spacial score (nSPS) is 12.1. The molecule has 1 N–H and O–H groups in total. The summed E-state index contributed by atoms with van der Waals surface area (Å²) in [5, 5.41) is 2.78. The second kappa shape index (κ2) is 11.9. The van der Waals surface area contributed by atoms with E-state index in [0.29, 0.717) is 24.4 Å². The first-order valence-electron chi connectivity index (χ1n) is 11.3. The number of nitrogens with one attached hydrogen (secondary N) is 1. The molecule has 1 atom stereocenters. The van der Waals surface area contributed by atoms with Gasteiger partial charge in [-0.3, -0.25) is 13.9 Å². The number of sulfonamides is 1. The van der Waals surface area contributed by atoms with Crippen molar-refractivity contribution in [1.82, 2.24) is 10.2 Å². The summed E-state index contributed by atoms with van der Waals surface area (Å²) in [6, 6.07) is 11.8. The number of ether oxygens (including phenoxy) is 1. The molecule has 186 valence electrons. The SMILES string of the molecule is CCNC(=O)C(CC)N(Cc1cccc(OC)c1)C(=O)CN(c1cccc(C)c1C)S(C)(=O)=O. The number of likely N-dealkylation sites (N-methyl/N-ethyl adjacent to an activating group) is 1. The van der Waals surface area contributed by atoms with E-state index in [0.717, 1.165) is 27.3 Å². The van der Waals surface area contributed by atoms with Gasteiger partial charge < -0.3 is 15.0 Å². The Hall–Kier alpha value is -3.07. The van der Waals surface area contributed by atoms with Gasteiger partial charge in [-0.2, -0.15) is 0 Å². The van der Waals surface area contributed by atoms with Gasteiger partial charge in [-0.05, 0) is 62.1 Å². The molecular formula is C25H35N3O5S. The molecule has 34 heavy (non-hydrogen) atoms. The average molecular weight is 490 g/mol. The molecule has 0 saturated heterocycles. The van der Waals surface area contributed by atoms with Crippen LogP contribution in [0, 0.1) is 13.8 Å². The number of aryl methyl sites for hydroxylation is 1. The minimum Gasteiger partial charge on any atom is -0.497 e. The fourth-order valence-corrected chi connectivity index (χ4v) is 4.68. The van der Waals surface area contributed by atoms with E-state index in [1.807, 2.05) is 45.9 Å². The summed E-state index contributed by atoms with van der Waals surface area (Å²) in [7, 11) is -2.21. The van der Waals surface area contributed by atoms with Crippen molar-refractivity contribution >= 4 is 27.5 Å². The van der Waals surface area contributed by atoms with Crippen LogP contribution in [0.1, 0.15) is 37.0 Å². The Bertz CT molecular complexity index is 1120. The summed E-state index contributed by atoms with van der Waals surface area (Å²) in [5.74, 6) is -0.116. The molecule has 9 heteroatoms. The maximum Gasteiger partial charge on any atom is 0.244 e. The second-order valence-corrected chi connectivity index (χ2v) is 10.1. The Kier molecular flexibility index (Phi) is 9.49. The topological polar surface area (TPSA) is 96.0 Å². The first-order valence-corrected chi connectivity index (χ1v) is 13.1. The molecule has 2 rings (SSSR count). The van der Waals surface area contributed by atoms with Gasteiger partial charge >= 0.3 is 0 Å². The van der Waals surface area contributed by atoms with Gasteiger partial charge in [0.05, 0.1) is 19.1 Å². The van der Waals surface area contributed by atoms with Crippen LogP contribution in [0.15, 0.2) is 42.5 Å². The van der Waals surface area contributed by atoms with E-state index in [4.69, 9.17) is 4.74 Å². The molecule has 2 aromatic rings. The van der Waals surface area contributed by atoms with Gasteiger partial charge in [0.1, 0.15) is 18.3 Å². The fourth-order valence-electron chi connectivity index (χ4n) is 3.78. The summed E-state index contributed by atoms with van der Waals surface area (Å²) in [6.07, 6.45) is 1.46. The van der Waals surface area contributed by atoms with Crippen molar-refractivity contribution in [3.05, 3.63) is 59.2 Å². The van der Waals surface area contributed by atoms with E-state index in [2.05, 4.69) is 5.32 Å². The number of benzene rings is 2. The van der Waals surface area contributed by atoms with Crippen LogP contribution in [0.5, 0.6) is 5.75 Å². The van der Waals surface area contributed by atoms with Gasteiger partial charge in [-0.25, -0.2) is 8.42 Å². The van der Waals surface area contributed by atoms with Gasteiger partial charge in [-0.15, -0.1) is 0 Å². The molecule has 0 fully saturated rings. The lowest BCUT2D eigenvalue weighted by atomic mass is 10.1. The number of hydrogen-bond donors (Lipinski definition) is 1. The largest absolute Gasteiger partial charge is 0.497 e. The number of carbonyl (C=O) groups is 2. The van der Waals surface area contributed by atoms with Crippen molar-refractivity contribution in [2.24, 2.45) is 0 Å². The number of methoxy groups -OCH3 is 1. The first kappa shape index (κ1) is 27.2. The van der Waals surface area contributed by atoms with Crippen LogP contribution < -0.4 is 14.4 Å². The Morgan fingerprint density at radius 2 is 1.76 bits per heavy atom. The second-order valence-electron chi connectivity index (χ2n) is 8.18. The molecule has 0 saturated carbocycles. The molecule has 0 aliphatic rings. The zero-order valence-electron chi connectivity index (χ0n) is 20.8. The lowest BCUT2D eigenvalue weighted by Crippen LogP contribution is -2.52. The van der Waals surface area contributed by atoms with Crippen molar-refractivity contribution in [1.29, 1.82) is 0 Å². The lowest BCUT2D eigenvalue weighted by Gasteiger charge is -2.33. The number of hydrogen-bond acceptors (Lipinski definition) is 5. The highest BCUT2D eigenvalue weighted by Gasteiger charge is 2.32. The van der Waals surface area contributed by atoms with E-state index in [-0.39, 0.29) is 12.5 Å². The smallest absolute Gasteiger partial charge is 0.244 e. The van der Waals surface area contributed by atoms with Gasteiger partial charge in [-0.1, -0.05) is 31.2 Å². The fraction of sp³-hybridized carbons (Fsp3) is 0.440. The predicted molar refractivity (Wildman–Crippen MR) is 134 cm³/mol. The van der Waals surface area contributed by atoms with Crippen LogP contribution in [-0.2, 0) is 26.2 Å². The van der Waals surface area contributed by atoms with E-state index in [1.54, 1.807) is 31.4 Å². The average Bonchev–Trinajstić information content (AvgIpc) is 2.79. The molecule has 0 aliphatic heterocycles. The standard InChI is InChI=1S/C25H35N3O5S/c1-7-22(25(30)26-8-2)27(16-20-12-10-13-21(15-20)33-5)24(29)17-28(34(6,31)32)23-14-9-11-18(3)19(23)4/h9-15,22H,7-8,16-17H2,1-6H3,(H,26,30). The van der Waals surface area contributed by atoms with E-state index in [1.165, 1.54) is 4.90 Å². The Labute approximate surface area is 202 Å². The first-order chi connectivity index (χ1) is 16.0.